The Kier molecular flexibility index (Phi) is 4.97. The second-order valence-corrected chi connectivity index (χ2v) is 3.97. The highest BCUT2D eigenvalue weighted by Crippen LogP contribution is 2.27. The van der Waals surface area contributed by atoms with Crippen molar-refractivity contribution in [1.29, 1.82) is 0 Å². The Morgan fingerprint density at radius 3 is 2.71 bits per heavy atom. The molecule has 1 atom stereocenters. The highest BCUT2D eigenvalue weighted by atomic mass is 16.5. The van der Waals surface area contributed by atoms with Crippen LogP contribution in [0.25, 0.3) is 0 Å². The van der Waals surface area contributed by atoms with Crippen molar-refractivity contribution < 1.29 is 14.3 Å². The minimum absolute atomic E-state index is 0.219. The van der Waals surface area contributed by atoms with Gasteiger partial charge in [-0.3, -0.25) is 4.79 Å². The van der Waals surface area contributed by atoms with Gasteiger partial charge < -0.3 is 15.2 Å². The largest absolute Gasteiger partial charge is 0.496 e. The van der Waals surface area contributed by atoms with Crippen molar-refractivity contribution in [2.24, 2.45) is 5.73 Å². The van der Waals surface area contributed by atoms with Gasteiger partial charge >= 0.3 is 5.97 Å². The first-order valence-electron chi connectivity index (χ1n) is 5.55. The first-order chi connectivity index (χ1) is 8.08. The summed E-state index contributed by atoms with van der Waals surface area (Å²) in [6.45, 7) is 2.00. The topological polar surface area (TPSA) is 61.5 Å². The highest BCUT2D eigenvalue weighted by molar-refractivity contribution is 5.69. The number of methoxy groups -OCH3 is 2. The van der Waals surface area contributed by atoms with E-state index in [2.05, 4.69) is 4.74 Å². The Hall–Kier alpha value is -1.55. The van der Waals surface area contributed by atoms with Crippen LogP contribution in [0.3, 0.4) is 0 Å². The summed E-state index contributed by atoms with van der Waals surface area (Å²) in [4.78, 5) is 11.1. The van der Waals surface area contributed by atoms with E-state index in [1.165, 1.54) is 7.11 Å². The van der Waals surface area contributed by atoms with E-state index in [9.17, 15) is 4.79 Å². The summed E-state index contributed by atoms with van der Waals surface area (Å²) in [6.07, 6.45) is 0.862. The van der Waals surface area contributed by atoms with Crippen molar-refractivity contribution in [1.82, 2.24) is 0 Å². The lowest BCUT2D eigenvalue weighted by atomic mass is 10.00. The number of aryl methyl sites for hydroxylation is 1. The van der Waals surface area contributed by atoms with Crippen molar-refractivity contribution in [2.75, 3.05) is 14.2 Å². The molecule has 4 nitrogen and oxygen atoms in total. The number of hydrogen-bond donors (Lipinski definition) is 1. The van der Waals surface area contributed by atoms with Gasteiger partial charge in [-0.15, -0.1) is 0 Å². The van der Waals surface area contributed by atoms with Gasteiger partial charge in [0.2, 0.25) is 0 Å². The molecule has 1 unspecified atom stereocenters. The third kappa shape index (κ3) is 3.75. The van der Waals surface area contributed by atoms with Crippen LogP contribution in [0.15, 0.2) is 18.2 Å². The molecule has 1 aromatic rings. The van der Waals surface area contributed by atoms with Crippen molar-refractivity contribution in [3.05, 3.63) is 29.3 Å². The molecule has 2 N–H and O–H groups in total. The molecule has 0 heterocycles. The lowest BCUT2D eigenvalue weighted by molar-refractivity contribution is -0.140. The Balaban J connectivity index is 2.76. The summed E-state index contributed by atoms with van der Waals surface area (Å²) in [6, 6.07) is 5.63. The molecule has 0 amide bonds. The standard InChI is InChI=1S/C13H19NO3/c1-9-4-6-12(16-2)10(8-9)11(14)5-7-13(15)17-3/h4,6,8,11H,5,7,14H2,1-3H3. The third-order valence-electron chi connectivity index (χ3n) is 2.67. The maximum absolute atomic E-state index is 11.1. The zero-order valence-electron chi connectivity index (χ0n) is 10.5. The van der Waals surface area contributed by atoms with Gasteiger partial charge in [-0.05, 0) is 19.4 Å². The predicted molar refractivity (Wildman–Crippen MR) is 65.9 cm³/mol. The number of carbonyl (C=O) groups is 1. The van der Waals surface area contributed by atoms with Gasteiger partial charge in [-0.25, -0.2) is 0 Å². The number of nitrogens with two attached hydrogens (primary N) is 1. The fraction of sp³-hybridized carbons (Fsp3) is 0.462. The van der Waals surface area contributed by atoms with Crippen LogP contribution < -0.4 is 10.5 Å². The Morgan fingerprint density at radius 2 is 2.12 bits per heavy atom. The lowest BCUT2D eigenvalue weighted by Crippen LogP contribution is -2.14. The fourth-order valence-electron chi connectivity index (χ4n) is 1.67. The molecule has 0 aromatic heterocycles. The van der Waals surface area contributed by atoms with E-state index in [1.54, 1.807) is 7.11 Å². The Bertz CT molecular complexity index is 390. The van der Waals surface area contributed by atoms with Gasteiger partial charge in [0.25, 0.3) is 0 Å². The first-order valence-corrected chi connectivity index (χ1v) is 5.55. The van der Waals surface area contributed by atoms with Crippen LogP contribution in [0.4, 0.5) is 0 Å². The van der Waals surface area contributed by atoms with E-state index in [0.717, 1.165) is 16.9 Å². The summed E-state index contributed by atoms with van der Waals surface area (Å²) < 4.78 is 9.85. The smallest absolute Gasteiger partial charge is 0.305 e. The summed E-state index contributed by atoms with van der Waals surface area (Å²) in [7, 11) is 2.99. The first kappa shape index (κ1) is 13.5. The number of esters is 1. The van der Waals surface area contributed by atoms with E-state index < -0.39 is 0 Å². The molecule has 1 rings (SSSR count). The van der Waals surface area contributed by atoms with Gasteiger partial charge in [0, 0.05) is 18.0 Å². The quantitative estimate of drug-likeness (QED) is 0.795. The molecule has 94 valence electrons. The SMILES string of the molecule is COC(=O)CCC(N)c1cc(C)ccc1OC. The molecular formula is C13H19NO3. The zero-order chi connectivity index (χ0) is 12.8. The summed E-state index contributed by atoms with van der Waals surface area (Å²) >= 11 is 0. The predicted octanol–water partition coefficient (Wildman–Crippen LogP) is 1.96. The van der Waals surface area contributed by atoms with Crippen molar-refractivity contribution in [2.45, 2.75) is 25.8 Å². The van der Waals surface area contributed by atoms with E-state index in [-0.39, 0.29) is 12.0 Å². The Labute approximate surface area is 102 Å². The summed E-state index contributed by atoms with van der Waals surface area (Å²) in [5.41, 5.74) is 8.10. The molecule has 17 heavy (non-hydrogen) atoms. The molecule has 0 spiro atoms. The average Bonchev–Trinajstić information content (AvgIpc) is 2.35. The molecule has 0 aliphatic heterocycles. The highest BCUT2D eigenvalue weighted by Gasteiger charge is 2.14. The van der Waals surface area contributed by atoms with Gasteiger partial charge in [-0.2, -0.15) is 0 Å². The van der Waals surface area contributed by atoms with Crippen molar-refractivity contribution in [3.8, 4) is 5.75 Å². The van der Waals surface area contributed by atoms with Crippen molar-refractivity contribution in [3.63, 3.8) is 0 Å². The Morgan fingerprint density at radius 1 is 1.41 bits per heavy atom. The fourth-order valence-corrected chi connectivity index (χ4v) is 1.67. The molecule has 0 aliphatic rings. The molecular weight excluding hydrogens is 218 g/mol. The van der Waals surface area contributed by atoms with Crippen LogP contribution in [0, 0.1) is 6.92 Å². The van der Waals surface area contributed by atoms with Gasteiger partial charge in [0.05, 0.1) is 14.2 Å². The molecule has 0 fully saturated rings. The molecule has 0 bridgehead atoms. The van der Waals surface area contributed by atoms with Crippen LogP contribution in [0.1, 0.15) is 30.0 Å². The summed E-state index contributed by atoms with van der Waals surface area (Å²) in [5.74, 6) is 0.514. The van der Waals surface area contributed by atoms with E-state index in [0.29, 0.717) is 12.8 Å². The van der Waals surface area contributed by atoms with E-state index in [1.807, 2.05) is 25.1 Å². The molecule has 0 radical (unpaired) electrons. The van der Waals surface area contributed by atoms with Gasteiger partial charge in [0.1, 0.15) is 5.75 Å². The number of carbonyl (C=O) groups excluding carboxylic acids is 1. The number of benzene rings is 1. The molecule has 0 saturated heterocycles. The van der Waals surface area contributed by atoms with Crippen LogP contribution in [-0.2, 0) is 9.53 Å². The number of rotatable bonds is 5. The van der Waals surface area contributed by atoms with Crippen LogP contribution in [0.5, 0.6) is 5.75 Å². The lowest BCUT2D eigenvalue weighted by Gasteiger charge is -2.15. The number of ether oxygens (including phenoxy) is 2. The molecule has 1 aromatic carbocycles. The van der Waals surface area contributed by atoms with Gasteiger partial charge in [-0.1, -0.05) is 17.7 Å². The third-order valence-corrected chi connectivity index (χ3v) is 2.67. The minimum atomic E-state index is -0.243. The van der Waals surface area contributed by atoms with Crippen LogP contribution >= 0.6 is 0 Å². The second kappa shape index (κ2) is 6.25. The number of hydrogen-bond acceptors (Lipinski definition) is 4. The average molecular weight is 237 g/mol. The second-order valence-electron chi connectivity index (χ2n) is 3.97. The van der Waals surface area contributed by atoms with Crippen LogP contribution in [-0.4, -0.2) is 20.2 Å². The maximum Gasteiger partial charge on any atom is 0.305 e. The zero-order valence-corrected chi connectivity index (χ0v) is 10.5. The molecule has 0 saturated carbocycles. The maximum atomic E-state index is 11.1. The minimum Gasteiger partial charge on any atom is -0.496 e. The van der Waals surface area contributed by atoms with E-state index >= 15 is 0 Å². The van der Waals surface area contributed by atoms with Crippen LogP contribution in [0.2, 0.25) is 0 Å². The summed E-state index contributed by atoms with van der Waals surface area (Å²) in [5, 5.41) is 0. The van der Waals surface area contributed by atoms with Gasteiger partial charge in [0.15, 0.2) is 0 Å². The van der Waals surface area contributed by atoms with Crippen molar-refractivity contribution >= 4 is 5.97 Å². The molecule has 0 aliphatic carbocycles. The monoisotopic (exact) mass is 237 g/mol. The van der Waals surface area contributed by atoms with E-state index in [4.69, 9.17) is 10.5 Å². The normalized spacial score (nSPS) is 12.0. The molecule has 4 heteroatoms.